The topological polar surface area (TPSA) is 81.1 Å². The van der Waals surface area contributed by atoms with E-state index in [0.29, 0.717) is 11.5 Å². The van der Waals surface area contributed by atoms with Crippen LogP contribution in [0.4, 0.5) is 5.82 Å². The summed E-state index contributed by atoms with van der Waals surface area (Å²) in [5.74, 6) is 5.70. The maximum absolute atomic E-state index is 5.18. The van der Waals surface area contributed by atoms with Crippen LogP contribution in [0.5, 0.6) is 0 Å². The highest BCUT2D eigenvalue weighted by molar-refractivity contribution is 5.60. The molecule has 56 valence electrons. The Kier molecular flexibility index (Phi) is 1.19. The van der Waals surface area contributed by atoms with Crippen molar-refractivity contribution < 1.29 is 0 Å². The Balaban J connectivity index is 2.79. The highest BCUT2D eigenvalue weighted by atomic mass is 15.3. The van der Waals surface area contributed by atoms with Crippen LogP contribution in [-0.4, -0.2) is 19.6 Å². The van der Waals surface area contributed by atoms with E-state index in [1.165, 1.54) is 6.33 Å². The van der Waals surface area contributed by atoms with Gasteiger partial charge in [-0.3, -0.25) is 0 Å². The van der Waals surface area contributed by atoms with Crippen LogP contribution >= 0.6 is 0 Å². The van der Waals surface area contributed by atoms with Gasteiger partial charge in [-0.1, -0.05) is 0 Å². The summed E-state index contributed by atoms with van der Waals surface area (Å²) in [7, 11) is 0. The third-order valence-electron chi connectivity index (χ3n) is 1.33. The number of anilines is 1. The Morgan fingerprint density at radius 1 is 1.45 bits per heavy atom. The lowest BCUT2D eigenvalue weighted by atomic mass is 10.6. The summed E-state index contributed by atoms with van der Waals surface area (Å²) in [5.41, 5.74) is 3.04. The van der Waals surface area contributed by atoms with Crippen molar-refractivity contribution in [2.75, 3.05) is 5.43 Å². The summed E-state index contributed by atoms with van der Waals surface area (Å²) in [6, 6.07) is 0. The predicted octanol–water partition coefficient (Wildman–Crippen LogP) is -0.590. The Labute approximate surface area is 62.0 Å². The van der Waals surface area contributed by atoms with Crippen molar-refractivity contribution in [3.8, 4) is 0 Å². The average molecular weight is 150 g/mol. The highest BCUT2D eigenvalue weighted by Crippen LogP contribution is 2.06. The number of aromatic nitrogens is 4. The quantitative estimate of drug-likeness (QED) is 0.419. The van der Waals surface area contributed by atoms with Crippen LogP contribution in [0.25, 0.3) is 5.65 Å². The summed E-state index contributed by atoms with van der Waals surface area (Å²) >= 11 is 0. The molecule has 6 nitrogen and oxygen atoms in total. The minimum Gasteiger partial charge on any atom is -0.305 e. The van der Waals surface area contributed by atoms with Crippen molar-refractivity contribution in [3.63, 3.8) is 0 Å². The van der Waals surface area contributed by atoms with Crippen molar-refractivity contribution in [1.82, 2.24) is 19.6 Å². The second-order valence-corrected chi connectivity index (χ2v) is 1.95. The summed E-state index contributed by atoms with van der Waals surface area (Å²) in [6.07, 6.45) is 4.73. The molecular formula is C5H6N6. The molecule has 0 bridgehead atoms. The first-order valence-corrected chi connectivity index (χ1v) is 3.03. The fourth-order valence-corrected chi connectivity index (χ4v) is 0.859. The first kappa shape index (κ1) is 6.05. The van der Waals surface area contributed by atoms with Gasteiger partial charge in [-0.05, 0) is 0 Å². The van der Waals surface area contributed by atoms with E-state index in [1.54, 1.807) is 16.9 Å². The fourth-order valence-electron chi connectivity index (χ4n) is 0.859. The molecule has 0 radical (unpaired) electrons. The van der Waals surface area contributed by atoms with Crippen LogP contribution in [-0.2, 0) is 0 Å². The minimum atomic E-state index is 0.519. The molecule has 0 amide bonds. The van der Waals surface area contributed by atoms with E-state index in [4.69, 9.17) is 5.84 Å². The number of hydrogen-bond donors (Lipinski definition) is 2. The molecular weight excluding hydrogens is 144 g/mol. The van der Waals surface area contributed by atoms with Crippen molar-refractivity contribution >= 4 is 11.5 Å². The molecule has 0 saturated carbocycles. The lowest BCUT2D eigenvalue weighted by Gasteiger charge is -1.97. The van der Waals surface area contributed by atoms with Gasteiger partial charge < -0.3 is 5.43 Å². The normalized spacial score (nSPS) is 10.3. The van der Waals surface area contributed by atoms with E-state index in [-0.39, 0.29) is 0 Å². The molecule has 2 heterocycles. The first-order valence-electron chi connectivity index (χ1n) is 3.03. The van der Waals surface area contributed by atoms with Gasteiger partial charge in [0, 0.05) is 12.4 Å². The van der Waals surface area contributed by atoms with Crippen molar-refractivity contribution in [1.29, 1.82) is 0 Å². The number of hydrazine groups is 1. The molecule has 0 aliphatic heterocycles. The van der Waals surface area contributed by atoms with Gasteiger partial charge in [0.2, 0.25) is 0 Å². The second-order valence-electron chi connectivity index (χ2n) is 1.95. The fraction of sp³-hybridized carbons (Fsp3) is 0. The molecule has 0 spiro atoms. The smallest absolute Gasteiger partial charge is 0.199 e. The minimum absolute atomic E-state index is 0.519. The summed E-state index contributed by atoms with van der Waals surface area (Å²) in [6.45, 7) is 0. The van der Waals surface area contributed by atoms with Crippen LogP contribution in [0.3, 0.4) is 0 Å². The standard InChI is InChI=1S/C5H6N6/c6-10-4-5-8-3-9-11(5)2-1-7-4/h1-3H,6H2,(H,7,10). The van der Waals surface area contributed by atoms with Gasteiger partial charge in [-0.25, -0.2) is 20.3 Å². The first-order chi connectivity index (χ1) is 5.42. The van der Waals surface area contributed by atoms with E-state index in [2.05, 4.69) is 20.5 Å². The molecule has 0 aliphatic carbocycles. The summed E-state index contributed by atoms with van der Waals surface area (Å²) in [5, 5.41) is 3.90. The molecule has 2 aromatic rings. The largest absolute Gasteiger partial charge is 0.305 e. The third kappa shape index (κ3) is 0.802. The van der Waals surface area contributed by atoms with Gasteiger partial charge in [-0.2, -0.15) is 5.10 Å². The van der Waals surface area contributed by atoms with Gasteiger partial charge in [0.25, 0.3) is 0 Å². The Hall–Kier alpha value is -1.69. The van der Waals surface area contributed by atoms with Crippen molar-refractivity contribution in [2.45, 2.75) is 0 Å². The molecule has 3 N–H and O–H groups in total. The Morgan fingerprint density at radius 2 is 2.36 bits per heavy atom. The van der Waals surface area contributed by atoms with Gasteiger partial charge in [-0.15, -0.1) is 0 Å². The van der Waals surface area contributed by atoms with Gasteiger partial charge >= 0.3 is 0 Å². The van der Waals surface area contributed by atoms with Gasteiger partial charge in [0.15, 0.2) is 11.5 Å². The maximum atomic E-state index is 5.18. The summed E-state index contributed by atoms with van der Waals surface area (Å²) < 4.78 is 1.59. The van der Waals surface area contributed by atoms with Gasteiger partial charge in [0.1, 0.15) is 6.33 Å². The lowest BCUT2D eigenvalue weighted by molar-refractivity contribution is 0.945. The van der Waals surface area contributed by atoms with Gasteiger partial charge in [0.05, 0.1) is 0 Å². The van der Waals surface area contributed by atoms with E-state index in [1.807, 2.05) is 0 Å². The number of nitrogen functional groups attached to an aromatic ring is 1. The van der Waals surface area contributed by atoms with E-state index in [9.17, 15) is 0 Å². The lowest BCUT2D eigenvalue weighted by Crippen LogP contribution is -2.10. The molecule has 11 heavy (non-hydrogen) atoms. The SMILES string of the molecule is NNc1nccn2ncnc12. The number of fused-ring (bicyclic) bond motifs is 1. The molecule has 0 aromatic carbocycles. The van der Waals surface area contributed by atoms with E-state index >= 15 is 0 Å². The van der Waals surface area contributed by atoms with Crippen LogP contribution in [0, 0.1) is 0 Å². The summed E-state index contributed by atoms with van der Waals surface area (Å²) in [4.78, 5) is 7.87. The van der Waals surface area contributed by atoms with E-state index < -0.39 is 0 Å². The number of nitrogens with one attached hydrogen (secondary N) is 1. The zero-order valence-electron chi connectivity index (χ0n) is 5.60. The van der Waals surface area contributed by atoms with Crippen LogP contribution in [0.2, 0.25) is 0 Å². The molecule has 2 rings (SSSR count). The molecule has 0 fully saturated rings. The molecule has 0 saturated heterocycles. The van der Waals surface area contributed by atoms with Crippen LogP contribution in [0.15, 0.2) is 18.7 Å². The predicted molar refractivity (Wildman–Crippen MR) is 38.6 cm³/mol. The number of nitrogens with two attached hydrogens (primary N) is 1. The van der Waals surface area contributed by atoms with Crippen molar-refractivity contribution in [2.24, 2.45) is 5.84 Å². The number of rotatable bonds is 1. The molecule has 0 unspecified atom stereocenters. The van der Waals surface area contributed by atoms with Crippen LogP contribution < -0.4 is 11.3 Å². The molecule has 0 atom stereocenters. The monoisotopic (exact) mass is 150 g/mol. The molecule has 0 aliphatic rings. The zero-order valence-corrected chi connectivity index (χ0v) is 5.60. The molecule has 6 heteroatoms. The highest BCUT2D eigenvalue weighted by Gasteiger charge is 2.00. The average Bonchev–Trinajstić information content (AvgIpc) is 2.50. The number of hydrogen-bond acceptors (Lipinski definition) is 5. The molecule has 2 aromatic heterocycles. The Morgan fingerprint density at radius 3 is 3.18 bits per heavy atom. The zero-order chi connectivity index (χ0) is 7.68. The van der Waals surface area contributed by atoms with E-state index in [0.717, 1.165) is 0 Å². The van der Waals surface area contributed by atoms with Crippen molar-refractivity contribution in [3.05, 3.63) is 18.7 Å². The Bertz CT molecular complexity index is 366. The maximum Gasteiger partial charge on any atom is 0.199 e. The van der Waals surface area contributed by atoms with Crippen LogP contribution in [0.1, 0.15) is 0 Å². The number of nitrogens with zero attached hydrogens (tertiary/aromatic N) is 4. The second kappa shape index (κ2) is 2.17. The third-order valence-corrected chi connectivity index (χ3v) is 1.33.